The number of alkyl halides is 3. The Bertz CT molecular complexity index is 299. The van der Waals surface area contributed by atoms with Gasteiger partial charge in [0, 0.05) is 13.0 Å². The lowest BCUT2D eigenvalue weighted by atomic mass is 10.1. The number of carboxylic acid groups (broad SMARTS) is 1. The van der Waals surface area contributed by atoms with Crippen molar-refractivity contribution in [2.45, 2.75) is 37.6 Å². The van der Waals surface area contributed by atoms with Crippen molar-refractivity contribution in [3.8, 4) is 0 Å². The number of carboxylic acids is 1. The number of hydrogen-bond donors (Lipinski definition) is 2. The van der Waals surface area contributed by atoms with Crippen molar-refractivity contribution >= 4 is 11.9 Å². The molecule has 0 radical (unpaired) electrons. The molecule has 1 aliphatic heterocycles. The van der Waals surface area contributed by atoms with E-state index in [1.807, 2.05) is 0 Å². The van der Waals surface area contributed by atoms with E-state index in [4.69, 9.17) is 9.84 Å². The Morgan fingerprint density at radius 1 is 1.47 bits per heavy atom. The Balaban J connectivity index is 2.54. The van der Waals surface area contributed by atoms with Crippen LogP contribution >= 0.6 is 0 Å². The first kappa shape index (κ1) is 13.8. The largest absolute Gasteiger partial charge is 0.480 e. The second-order valence-corrected chi connectivity index (χ2v) is 3.73. The molecule has 2 atom stereocenters. The predicted octanol–water partition coefficient (Wildman–Crippen LogP) is 0.687. The molecule has 0 spiro atoms. The summed E-state index contributed by atoms with van der Waals surface area (Å²) in [6.07, 6.45) is -4.32. The van der Waals surface area contributed by atoms with E-state index in [1.165, 1.54) is 5.32 Å². The molecule has 17 heavy (non-hydrogen) atoms. The number of hydrogen-bond acceptors (Lipinski definition) is 3. The highest BCUT2D eigenvalue weighted by Gasteiger charge is 2.41. The van der Waals surface area contributed by atoms with Gasteiger partial charge in [-0.3, -0.25) is 4.79 Å². The lowest BCUT2D eigenvalue weighted by molar-refractivity contribution is -0.175. The fourth-order valence-corrected chi connectivity index (χ4v) is 1.55. The molecule has 0 aliphatic carbocycles. The number of nitrogens with one attached hydrogen (secondary N) is 1. The number of carbonyl (C=O) groups is 2. The van der Waals surface area contributed by atoms with Crippen LogP contribution in [-0.4, -0.2) is 41.9 Å². The second-order valence-electron chi connectivity index (χ2n) is 3.73. The third-order valence-corrected chi connectivity index (χ3v) is 2.38. The monoisotopic (exact) mass is 255 g/mol. The van der Waals surface area contributed by atoms with Gasteiger partial charge in [0.1, 0.15) is 6.04 Å². The minimum Gasteiger partial charge on any atom is -0.480 e. The third-order valence-electron chi connectivity index (χ3n) is 2.38. The Morgan fingerprint density at radius 3 is 2.53 bits per heavy atom. The Kier molecular flexibility index (Phi) is 4.33. The van der Waals surface area contributed by atoms with Gasteiger partial charge in [0.25, 0.3) is 0 Å². The van der Waals surface area contributed by atoms with E-state index in [2.05, 4.69) is 0 Å². The molecular weight excluding hydrogens is 243 g/mol. The van der Waals surface area contributed by atoms with Gasteiger partial charge in [-0.2, -0.15) is 13.2 Å². The summed E-state index contributed by atoms with van der Waals surface area (Å²) >= 11 is 0. The second kappa shape index (κ2) is 5.35. The van der Waals surface area contributed by atoms with Gasteiger partial charge in [-0.05, 0) is 12.8 Å². The number of aliphatic carboxylic acids is 1. The summed E-state index contributed by atoms with van der Waals surface area (Å²) in [5, 5.41) is 10.2. The fourth-order valence-electron chi connectivity index (χ4n) is 1.55. The van der Waals surface area contributed by atoms with Crippen LogP contribution in [-0.2, 0) is 14.3 Å². The Hall–Kier alpha value is -1.31. The van der Waals surface area contributed by atoms with Crippen molar-refractivity contribution in [3.05, 3.63) is 0 Å². The topological polar surface area (TPSA) is 75.6 Å². The van der Waals surface area contributed by atoms with Crippen molar-refractivity contribution in [1.29, 1.82) is 0 Å². The highest BCUT2D eigenvalue weighted by Crippen LogP contribution is 2.19. The zero-order valence-electron chi connectivity index (χ0n) is 8.79. The first-order valence-corrected chi connectivity index (χ1v) is 5.03. The maximum Gasteiger partial charge on any atom is 0.471 e. The molecule has 5 nitrogen and oxygen atoms in total. The van der Waals surface area contributed by atoms with Gasteiger partial charge >= 0.3 is 18.1 Å². The summed E-state index contributed by atoms with van der Waals surface area (Å²) in [5.74, 6) is -3.75. The van der Waals surface area contributed by atoms with Crippen LogP contribution in [0.3, 0.4) is 0 Å². The molecule has 1 unspecified atom stereocenters. The molecule has 8 heteroatoms. The highest BCUT2D eigenvalue weighted by atomic mass is 19.4. The lowest BCUT2D eigenvalue weighted by Gasteiger charge is -2.18. The van der Waals surface area contributed by atoms with Crippen LogP contribution in [0.15, 0.2) is 0 Å². The number of halogens is 3. The number of rotatable bonds is 4. The Morgan fingerprint density at radius 2 is 2.12 bits per heavy atom. The van der Waals surface area contributed by atoms with Gasteiger partial charge in [0.2, 0.25) is 0 Å². The van der Waals surface area contributed by atoms with Crippen molar-refractivity contribution in [2.24, 2.45) is 0 Å². The molecule has 1 fully saturated rings. The van der Waals surface area contributed by atoms with Crippen molar-refractivity contribution in [1.82, 2.24) is 5.32 Å². The molecule has 1 heterocycles. The van der Waals surface area contributed by atoms with E-state index in [1.54, 1.807) is 0 Å². The van der Waals surface area contributed by atoms with Crippen LogP contribution in [0.1, 0.15) is 19.3 Å². The predicted molar refractivity (Wildman–Crippen MR) is 49.2 cm³/mol. The highest BCUT2D eigenvalue weighted by molar-refractivity contribution is 5.86. The van der Waals surface area contributed by atoms with Crippen molar-refractivity contribution in [3.63, 3.8) is 0 Å². The number of carbonyl (C=O) groups excluding carboxylic acids is 1. The van der Waals surface area contributed by atoms with E-state index < -0.39 is 30.2 Å². The first-order chi connectivity index (χ1) is 7.80. The first-order valence-electron chi connectivity index (χ1n) is 5.03. The average Bonchev–Trinajstić information content (AvgIpc) is 2.67. The minimum atomic E-state index is -5.08. The molecule has 0 aromatic heterocycles. The molecule has 0 aromatic carbocycles. The van der Waals surface area contributed by atoms with Gasteiger partial charge in [-0.25, -0.2) is 4.79 Å². The fraction of sp³-hybridized carbons (Fsp3) is 0.778. The summed E-state index contributed by atoms with van der Waals surface area (Å²) in [4.78, 5) is 21.3. The molecule has 1 saturated heterocycles. The van der Waals surface area contributed by atoms with E-state index >= 15 is 0 Å². The van der Waals surface area contributed by atoms with E-state index in [0.717, 1.165) is 6.42 Å². The van der Waals surface area contributed by atoms with E-state index in [-0.39, 0.29) is 6.42 Å². The smallest absolute Gasteiger partial charge is 0.471 e. The standard InChI is InChI=1S/C9H12F3NO4/c10-9(11,12)8(16)13-6(7(14)15)4-5-2-1-3-17-5/h5-6H,1-4H2,(H,13,16)(H,14,15)/t5-,6?/m0/s1. The number of ether oxygens (including phenoxy) is 1. The third kappa shape index (κ3) is 4.22. The minimum absolute atomic E-state index is 0.156. The van der Waals surface area contributed by atoms with Gasteiger partial charge in [0.15, 0.2) is 0 Å². The molecule has 1 amide bonds. The van der Waals surface area contributed by atoms with Crippen LogP contribution in [0.2, 0.25) is 0 Å². The zero-order valence-corrected chi connectivity index (χ0v) is 8.79. The van der Waals surface area contributed by atoms with Gasteiger partial charge in [-0.15, -0.1) is 0 Å². The molecule has 1 rings (SSSR count). The van der Waals surface area contributed by atoms with E-state index in [9.17, 15) is 22.8 Å². The van der Waals surface area contributed by atoms with Crippen LogP contribution < -0.4 is 5.32 Å². The molecule has 98 valence electrons. The summed E-state index contributed by atoms with van der Waals surface area (Å²) in [5.41, 5.74) is 0. The molecule has 2 N–H and O–H groups in total. The summed E-state index contributed by atoms with van der Waals surface area (Å²) in [6.45, 7) is 0.463. The number of amides is 1. The molecular formula is C9H12F3NO4. The summed E-state index contributed by atoms with van der Waals surface area (Å²) < 4.78 is 41.0. The Labute approximate surface area is 94.9 Å². The van der Waals surface area contributed by atoms with Gasteiger partial charge < -0.3 is 15.2 Å². The summed E-state index contributed by atoms with van der Waals surface area (Å²) in [7, 11) is 0. The van der Waals surface area contributed by atoms with Crippen LogP contribution in [0.5, 0.6) is 0 Å². The molecule has 0 bridgehead atoms. The quantitative estimate of drug-likeness (QED) is 0.774. The van der Waals surface area contributed by atoms with Gasteiger partial charge in [0.05, 0.1) is 6.10 Å². The van der Waals surface area contributed by atoms with Crippen molar-refractivity contribution in [2.75, 3.05) is 6.61 Å². The molecule has 0 aromatic rings. The van der Waals surface area contributed by atoms with Gasteiger partial charge in [-0.1, -0.05) is 0 Å². The molecule has 1 aliphatic rings. The normalized spacial score (nSPS) is 22.2. The maximum absolute atomic E-state index is 12.0. The lowest BCUT2D eigenvalue weighted by Crippen LogP contribution is -2.48. The van der Waals surface area contributed by atoms with E-state index in [0.29, 0.717) is 13.0 Å². The van der Waals surface area contributed by atoms with Crippen LogP contribution in [0.25, 0.3) is 0 Å². The molecule has 0 saturated carbocycles. The van der Waals surface area contributed by atoms with Crippen LogP contribution in [0.4, 0.5) is 13.2 Å². The van der Waals surface area contributed by atoms with Crippen LogP contribution in [0, 0.1) is 0 Å². The zero-order chi connectivity index (χ0) is 13.1. The average molecular weight is 255 g/mol. The summed E-state index contributed by atoms with van der Waals surface area (Å²) in [6, 6.07) is -1.58. The maximum atomic E-state index is 12.0. The van der Waals surface area contributed by atoms with Crippen molar-refractivity contribution < 1.29 is 32.6 Å². The SMILES string of the molecule is O=C(O)C(C[C@@H]1CCCO1)NC(=O)C(F)(F)F.